The van der Waals surface area contributed by atoms with Crippen molar-refractivity contribution in [3.63, 3.8) is 0 Å². The number of nitrogens with two attached hydrogens (primary N) is 1. The summed E-state index contributed by atoms with van der Waals surface area (Å²) in [5, 5.41) is 18.0. The van der Waals surface area contributed by atoms with Crippen LogP contribution in [-0.2, 0) is 9.59 Å². The summed E-state index contributed by atoms with van der Waals surface area (Å²) < 4.78 is 0. The number of carbonyl (C=O) groups excluding carboxylic acids is 1. The van der Waals surface area contributed by atoms with E-state index in [9.17, 15) is 14.7 Å². The van der Waals surface area contributed by atoms with Gasteiger partial charge in [0.15, 0.2) is 0 Å². The lowest BCUT2D eigenvalue weighted by molar-refractivity contribution is -0.143. The maximum atomic E-state index is 11.7. The van der Waals surface area contributed by atoms with Crippen LogP contribution in [0.15, 0.2) is 0 Å². The first kappa shape index (κ1) is 12.9. The molecule has 4 N–H and O–H groups in total. The number of likely N-dealkylation sites (tertiary alicyclic amines) is 1. The molecular weight excluding hydrogens is 212 g/mol. The molecule has 1 aliphatic heterocycles. The third-order valence-corrected chi connectivity index (χ3v) is 2.88. The molecule has 0 aliphatic carbocycles. The van der Waals surface area contributed by atoms with Gasteiger partial charge in [0.1, 0.15) is 0 Å². The molecule has 1 saturated heterocycles. The number of carbonyl (C=O) groups is 2. The van der Waals surface area contributed by atoms with E-state index in [2.05, 4.69) is 0 Å². The number of hydrogen-bond donors (Lipinski definition) is 3. The summed E-state index contributed by atoms with van der Waals surface area (Å²) in [5.74, 6) is -1.41. The summed E-state index contributed by atoms with van der Waals surface area (Å²) in [6, 6.07) is -0.986. The van der Waals surface area contributed by atoms with Crippen LogP contribution in [-0.4, -0.2) is 52.2 Å². The second kappa shape index (κ2) is 5.27. The van der Waals surface area contributed by atoms with Gasteiger partial charge in [-0.1, -0.05) is 6.92 Å². The van der Waals surface area contributed by atoms with E-state index in [0.717, 1.165) is 0 Å². The van der Waals surface area contributed by atoms with Gasteiger partial charge in [0.2, 0.25) is 5.91 Å². The smallest absolute Gasteiger partial charge is 0.305 e. The maximum absolute atomic E-state index is 11.7. The van der Waals surface area contributed by atoms with Crippen molar-refractivity contribution in [1.82, 2.24) is 4.90 Å². The quantitative estimate of drug-likeness (QED) is 0.578. The van der Waals surface area contributed by atoms with Crippen molar-refractivity contribution in [3.8, 4) is 0 Å². The van der Waals surface area contributed by atoms with Crippen LogP contribution in [0.2, 0.25) is 0 Å². The molecule has 3 atom stereocenters. The second-order valence-corrected chi connectivity index (χ2v) is 4.32. The van der Waals surface area contributed by atoms with E-state index in [-0.39, 0.29) is 24.3 Å². The molecule has 0 spiro atoms. The van der Waals surface area contributed by atoms with Gasteiger partial charge in [0, 0.05) is 13.1 Å². The van der Waals surface area contributed by atoms with Gasteiger partial charge in [0.05, 0.1) is 18.6 Å². The van der Waals surface area contributed by atoms with Crippen molar-refractivity contribution in [2.45, 2.75) is 31.9 Å². The molecule has 1 amide bonds. The Bertz CT molecular complexity index is 282. The van der Waals surface area contributed by atoms with E-state index in [0.29, 0.717) is 19.5 Å². The van der Waals surface area contributed by atoms with Gasteiger partial charge in [-0.15, -0.1) is 0 Å². The topological polar surface area (TPSA) is 104 Å². The molecule has 1 heterocycles. The van der Waals surface area contributed by atoms with Crippen LogP contribution in [0, 0.1) is 5.92 Å². The number of nitrogens with zero attached hydrogens (tertiary/aromatic N) is 1. The highest BCUT2D eigenvalue weighted by Crippen LogP contribution is 2.17. The highest BCUT2D eigenvalue weighted by atomic mass is 16.4. The van der Waals surface area contributed by atoms with Crippen LogP contribution in [0.4, 0.5) is 0 Å². The number of aliphatic hydroxyl groups is 1. The molecule has 0 radical (unpaired) electrons. The van der Waals surface area contributed by atoms with Crippen LogP contribution < -0.4 is 5.73 Å². The fourth-order valence-electron chi connectivity index (χ4n) is 1.84. The lowest BCUT2D eigenvalue weighted by atomic mass is 9.96. The summed E-state index contributed by atoms with van der Waals surface area (Å²) in [5.41, 5.74) is 5.49. The lowest BCUT2D eigenvalue weighted by Crippen LogP contribution is -2.51. The van der Waals surface area contributed by atoms with Crippen molar-refractivity contribution < 1.29 is 19.8 Å². The molecule has 3 unspecified atom stereocenters. The zero-order chi connectivity index (χ0) is 12.3. The number of amides is 1. The molecule has 0 aromatic heterocycles. The fraction of sp³-hybridized carbons (Fsp3) is 0.800. The van der Waals surface area contributed by atoms with Crippen molar-refractivity contribution >= 4 is 11.9 Å². The number of aliphatic carboxylic acids is 1. The largest absolute Gasteiger partial charge is 0.481 e. The molecule has 92 valence electrons. The first-order chi connectivity index (χ1) is 7.41. The Kier molecular flexibility index (Phi) is 4.26. The standard InChI is InChI=1S/C10H18N2O4/c1-6-5-12(3-2-8(6)13)10(16)7(11)4-9(14)15/h6-8,13H,2-5,11H2,1H3,(H,14,15). The third kappa shape index (κ3) is 3.18. The molecule has 1 fully saturated rings. The van der Waals surface area contributed by atoms with Crippen LogP contribution in [0.25, 0.3) is 0 Å². The minimum atomic E-state index is -1.08. The van der Waals surface area contributed by atoms with Crippen LogP contribution in [0.5, 0.6) is 0 Å². The van der Waals surface area contributed by atoms with Gasteiger partial charge in [-0.05, 0) is 12.3 Å². The van der Waals surface area contributed by atoms with E-state index in [1.807, 2.05) is 6.92 Å². The summed E-state index contributed by atoms with van der Waals surface area (Å²) in [6.45, 7) is 2.73. The Morgan fingerprint density at radius 3 is 2.69 bits per heavy atom. The molecule has 1 aliphatic rings. The number of hydrogen-bond acceptors (Lipinski definition) is 4. The van der Waals surface area contributed by atoms with Gasteiger partial charge in [-0.25, -0.2) is 0 Å². The predicted octanol–water partition coefficient (Wildman–Crippen LogP) is -0.982. The second-order valence-electron chi connectivity index (χ2n) is 4.32. The molecule has 6 heteroatoms. The Labute approximate surface area is 94.0 Å². The molecule has 0 saturated carbocycles. The minimum absolute atomic E-state index is 0.00901. The Hall–Kier alpha value is -1.14. The van der Waals surface area contributed by atoms with Gasteiger partial charge < -0.3 is 20.8 Å². The molecule has 1 rings (SSSR count). The van der Waals surface area contributed by atoms with E-state index in [1.165, 1.54) is 4.90 Å². The van der Waals surface area contributed by atoms with E-state index in [4.69, 9.17) is 10.8 Å². The van der Waals surface area contributed by atoms with E-state index < -0.39 is 12.0 Å². The average molecular weight is 230 g/mol. The number of rotatable bonds is 3. The van der Waals surface area contributed by atoms with Crippen molar-refractivity contribution in [1.29, 1.82) is 0 Å². The molecular formula is C10H18N2O4. The molecule has 0 aromatic carbocycles. The summed E-state index contributed by atoms with van der Waals surface area (Å²) >= 11 is 0. The SMILES string of the molecule is CC1CN(C(=O)C(N)CC(=O)O)CCC1O. The normalized spacial score (nSPS) is 27.6. The highest BCUT2D eigenvalue weighted by Gasteiger charge is 2.30. The van der Waals surface area contributed by atoms with Crippen LogP contribution in [0.1, 0.15) is 19.8 Å². The van der Waals surface area contributed by atoms with Crippen molar-refractivity contribution in [2.24, 2.45) is 11.7 Å². The summed E-state index contributed by atoms with van der Waals surface area (Å²) in [6.07, 6.45) is -0.223. The Morgan fingerprint density at radius 2 is 2.19 bits per heavy atom. The highest BCUT2D eigenvalue weighted by molar-refractivity contribution is 5.86. The van der Waals surface area contributed by atoms with Gasteiger partial charge in [-0.2, -0.15) is 0 Å². The monoisotopic (exact) mass is 230 g/mol. The molecule has 16 heavy (non-hydrogen) atoms. The van der Waals surface area contributed by atoms with Crippen molar-refractivity contribution in [3.05, 3.63) is 0 Å². The third-order valence-electron chi connectivity index (χ3n) is 2.88. The van der Waals surface area contributed by atoms with Gasteiger partial charge in [0.25, 0.3) is 0 Å². The fourth-order valence-corrected chi connectivity index (χ4v) is 1.84. The van der Waals surface area contributed by atoms with E-state index in [1.54, 1.807) is 0 Å². The lowest BCUT2D eigenvalue weighted by Gasteiger charge is -2.35. The molecule has 6 nitrogen and oxygen atoms in total. The first-order valence-corrected chi connectivity index (χ1v) is 5.36. The number of carboxylic acid groups (broad SMARTS) is 1. The summed E-state index contributed by atoms with van der Waals surface area (Å²) in [7, 11) is 0. The first-order valence-electron chi connectivity index (χ1n) is 5.36. The molecule has 0 bridgehead atoms. The zero-order valence-electron chi connectivity index (χ0n) is 9.30. The van der Waals surface area contributed by atoms with Gasteiger partial charge >= 0.3 is 5.97 Å². The Morgan fingerprint density at radius 1 is 1.56 bits per heavy atom. The minimum Gasteiger partial charge on any atom is -0.481 e. The van der Waals surface area contributed by atoms with Gasteiger partial charge in [-0.3, -0.25) is 9.59 Å². The zero-order valence-corrected chi connectivity index (χ0v) is 9.30. The van der Waals surface area contributed by atoms with Crippen LogP contribution in [0.3, 0.4) is 0 Å². The van der Waals surface area contributed by atoms with E-state index >= 15 is 0 Å². The maximum Gasteiger partial charge on any atom is 0.305 e. The van der Waals surface area contributed by atoms with Crippen molar-refractivity contribution in [2.75, 3.05) is 13.1 Å². The number of carboxylic acids is 1. The average Bonchev–Trinajstić information content (AvgIpc) is 2.20. The predicted molar refractivity (Wildman–Crippen MR) is 56.6 cm³/mol. The summed E-state index contributed by atoms with van der Waals surface area (Å²) in [4.78, 5) is 23.7. The number of aliphatic hydroxyl groups excluding tert-OH is 1. The Balaban J connectivity index is 2.51. The van der Waals surface area contributed by atoms with Crippen LogP contribution >= 0.6 is 0 Å². The number of piperidine rings is 1. The molecule has 0 aromatic rings.